The van der Waals surface area contributed by atoms with Gasteiger partial charge in [0.2, 0.25) is 5.78 Å². The first-order chi connectivity index (χ1) is 9.66. The van der Waals surface area contributed by atoms with Crippen molar-refractivity contribution in [2.45, 2.75) is 6.92 Å². The highest BCUT2D eigenvalue weighted by Crippen LogP contribution is 2.21. The van der Waals surface area contributed by atoms with Gasteiger partial charge in [-0.3, -0.25) is 9.78 Å². The van der Waals surface area contributed by atoms with Gasteiger partial charge >= 0.3 is 0 Å². The fourth-order valence-corrected chi connectivity index (χ4v) is 2.31. The van der Waals surface area contributed by atoms with Gasteiger partial charge in [-0.05, 0) is 42.1 Å². The number of aryl methyl sites for hydroxylation is 1. The molecule has 2 nitrogen and oxygen atoms in total. The summed E-state index contributed by atoms with van der Waals surface area (Å²) in [5.74, 6) is -0.524. The number of ketones is 1. The highest BCUT2D eigenvalue weighted by molar-refractivity contribution is 6.15. The van der Waals surface area contributed by atoms with E-state index in [4.69, 9.17) is 0 Å². The number of aromatic nitrogens is 1. The van der Waals surface area contributed by atoms with Crippen LogP contribution in [0.5, 0.6) is 0 Å². The van der Waals surface area contributed by atoms with Gasteiger partial charge in [0.25, 0.3) is 0 Å². The zero-order valence-electron chi connectivity index (χ0n) is 10.9. The standard InChI is InChI=1S/C17H12FNO/c1-11-10-13(18)6-7-14(11)17(20)16-15-5-3-2-4-12(15)8-9-19-16/h2-10H,1H3. The number of pyridine rings is 1. The predicted molar refractivity (Wildman–Crippen MR) is 76.3 cm³/mol. The fourth-order valence-electron chi connectivity index (χ4n) is 2.31. The Labute approximate surface area is 115 Å². The molecule has 0 N–H and O–H groups in total. The molecule has 0 amide bonds. The van der Waals surface area contributed by atoms with Crippen LogP contribution in [0.15, 0.2) is 54.7 Å². The molecule has 1 heterocycles. The van der Waals surface area contributed by atoms with Crippen molar-refractivity contribution >= 4 is 16.6 Å². The third kappa shape index (κ3) is 2.07. The van der Waals surface area contributed by atoms with Crippen molar-refractivity contribution in [3.05, 3.63) is 77.4 Å². The predicted octanol–water partition coefficient (Wildman–Crippen LogP) is 3.91. The van der Waals surface area contributed by atoms with Crippen LogP contribution >= 0.6 is 0 Å². The minimum absolute atomic E-state index is 0.181. The molecule has 3 aromatic rings. The molecule has 1 aromatic heterocycles. The number of carbonyl (C=O) groups excluding carboxylic acids is 1. The molecule has 0 atom stereocenters. The van der Waals surface area contributed by atoms with Crippen LogP contribution < -0.4 is 0 Å². The van der Waals surface area contributed by atoms with Gasteiger partial charge < -0.3 is 0 Å². The normalized spacial score (nSPS) is 10.7. The van der Waals surface area contributed by atoms with Gasteiger partial charge in [-0.25, -0.2) is 4.39 Å². The van der Waals surface area contributed by atoms with Gasteiger partial charge in [0.15, 0.2) is 0 Å². The second-order valence-corrected chi connectivity index (χ2v) is 4.67. The first-order valence-corrected chi connectivity index (χ1v) is 6.31. The maximum Gasteiger partial charge on any atom is 0.212 e. The van der Waals surface area contributed by atoms with Gasteiger partial charge in [-0.1, -0.05) is 24.3 Å². The van der Waals surface area contributed by atoms with E-state index in [2.05, 4.69) is 4.98 Å². The van der Waals surface area contributed by atoms with Crippen LogP contribution in [0.2, 0.25) is 0 Å². The number of halogens is 1. The third-order valence-corrected chi connectivity index (χ3v) is 3.32. The first kappa shape index (κ1) is 12.5. The van der Waals surface area contributed by atoms with Gasteiger partial charge in [0, 0.05) is 17.1 Å². The Hall–Kier alpha value is -2.55. The zero-order valence-corrected chi connectivity index (χ0v) is 10.9. The van der Waals surface area contributed by atoms with Crippen LogP contribution in [0.25, 0.3) is 10.8 Å². The van der Waals surface area contributed by atoms with Gasteiger partial charge in [0.05, 0.1) is 0 Å². The van der Waals surface area contributed by atoms with Crippen molar-refractivity contribution in [1.29, 1.82) is 0 Å². The maximum atomic E-state index is 13.1. The van der Waals surface area contributed by atoms with E-state index in [-0.39, 0.29) is 11.6 Å². The number of carbonyl (C=O) groups is 1. The van der Waals surface area contributed by atoms with Crippen LogP contribution in [0, 0.1) is 12.7 Å². The highest BCUT2D eigenvalue weighted by atomic mass is 19.1. The molecule has 0 saturated carbocycles. The minimum Gasteiger partial charge on any atom is -0.287 e. The van der Waals surface area contributed by atoms with Crippen LogP contribution in [0.4, 0.5) is 4.39 Å². The van der Waals surface area contributed by atoms with E-state index in [1.165, 1.54) is 18.2 Å². The number of fused-ring (bicyclic) bond motifs is 1. The van der Waals surface area contributed by atoms with Gasteiger partial charge in [0.1, 0.15) is 11.5 Å². The fraction of sp³-hybridized carbons (Fsp3) is 0.0588. The van der Waals surface area contributed by atoms with E-state index in [0.717, 1.165) is 10.8 Å². The molecule has 0 spiro atoms. The van der Waals surface area contributed by atoms with E-state index in [1.807, 2.05) is 30.3 Å². The summed E-state index contributed by atoms with van der Waals surface area (Å²) in [4.78, 5) is 16.8. The molecule has 98 valence electrons. The SMILES string of the molecule is Cc1cc(F)ccc1C(=O)c1nccc2ccccc12. The molecule has 0 fully saturated rings. The summed E-state index contributed by atoms with van der Waals surface area (Å²) in [5, 5.41) is 1.77. The number of benzene rings is 2. The molecule has 0 aliphatic carbocycles. The number of hydrogen-bond donors (Lipinski definition) is 0. The molecule has 3 rings (SSSR count). The van der Waals surface area contributed by atoms with Crippen molar-refractivity contribution in [2.24, 2.45) is 0 Å². The second kappa shape index (κ2) is 4.85. The Bertz CT molecular complexity index is 806. The summed E-state index contributed by atoms with van der Waals surface area (Å²) >= 11 is 0. The lowest BCUT2D eigenvalue weighted by molar-refractivity contribution is 0.103. The summed E-state index contributed by atoms with van der Waals surface area (Å²) in [7, 11) is 0. The van der Waals surface area contributed by atoms with Crippen molar-refractivity contribution < 1.29 is 9.18 Å². The maximum absolute atomic E-state index is 13.1. The monoisotopic (exact) mass is 265 g/mol. The van der Waals surface area contributed by atoms with E-state index in [9.17, 15) is 9.18 Å². The lowest BCUT2D eigenvalue weighted by Gasteiger charge is -2.07. The Morgan fingerprint density at radius 1 is 1.10 bits per heavy atom. The Kier molecular flexibility index (Phi) is 3.03. The van der Waals surface area contributed by atoms with E-state index in [0.29, 0.717) is 16.8 Å². The van der Waals surface area contributed by atoms with Crippen LogP contribution in [0.1, 0.15) is 21.6 Å². The summed E-state index contributed by atoms with van der Waals surface area (Å²) < 4.78 is 13.1. The van der Waals surface area contributed by atoms with E-state index < -0.39 is 0 Å². The number of nitrogens with zero attached hydrogens (tertiary/aromatic N) is 1. The molecule has 0 unspecified atom stereocenters. The molecule has 0 radical (unpaired) electrons. The van der Waals surface area contributed by atoms with Crippen LogP contribution in [-0.4, -0.2) is 10.8 Å². The topological polar surface area (TPSA) is 30.0 Å². The average Bonchev–Trinajstić information content (AvgIpc) is 2.46. The summed E-state index contributed by atoms with van der Waals surface area (Å²) in [6, 6.07) is 13.6. The molecule has 2 aromatic carbocycles. The molecule has 20 heavy (non-hydrogen) atoms. The lowest BCUT2D eigenvalue weighted by Crippen LogP contribution is -2.07. The van der Waals surface area contributed by atoms with Crippen molar-refractivity contribution in [1.82, 2.24) is 4.98 Å². The molecule has 3 heteroatoms. The summed E-state index contributed by atoms with van der Waals surface area (Å²) in [6.07, 6.45) is 1.62. The van der Waals surface area contributed by atoms with Crippen molar-refractivity contribution in [3.63, 3.8) is 0 Å². The molecular formula is C17H12FNO. The minimum atomic E-state index is -0.343. The van der Waals surface area contributed by atoms with Crippen molar-refractivity contribution in [2.75, 3.05) is 0 Å². The average molecular weight is 265 g/mol. The largest absolute Gasteiger partial charge is 0.287 e. The van der Waals surface area contributed by atoms with E-state index >= 15 is 0 Å². The summed E-state index contributed by atoms with van der Waals surface area (Å²) in [6.45, 7) is 1.72. The summed E-state index contributed by atoms with van der Waals surface area (Å²) in [5.41, 5.74) is 1.50. The smallest absolute Gasteiger partial charge is 0.212 e. The Morgan fingerprint density at radius 2 is 1.90 bits per heavy atom. The van der Waals surface area contributed by atoms with Gasteiger partial charge in [-0.15, -0.1) is 0 Å². The molecule has 0 bridgehead atoms. The second-order valence-electron chi connectivity index (χ2n) is 4.67. The van der Waals surface area contributed by atoms with Gasteiger partial charge in [-0.2, -0.15) is 0 Å². The lowest BCUT2D eigenvalue weighted by atomic mass is 9.99. The number of rotatable bonds is 2. The van der Waals surface area contributed by atoms with E-state index in [1.54, 1.807) is 13.1 Å². The quantitative estimate of drug-likeness (QED) is 0.657. The molecule has 0 saturated heterocycles. The molecule has 0 aliphatic heterocycles. The molecule has 0 aliphatic rings. The highest BCUT2D eigenvalue weighted by Gasteiger charge is 2.16. The van der Waals surface area contributed by atoms with Crippen LogP contribution in [-0.2, 0) is 0 Å². The molecular weight excluding hydrogens is 253 g/mol. The number of hydrogen-bond acceptors (Lipinski definition) is 2. The third-order valence-electron chi connectivity index (χ3n) is 3.32. The van der Waals surface area contributed by atoms with Crippen LogP contribution in [0.3, 0.4) is 0 Å². The first-order valence-electron chi connectivity index (χ1n) is 6.31. The Balaban J connectivity index is 2.18. The zero-order chi connectivity index (χ0) is 14.1. The van der Waals surface area contributed by atoms with Crippen molar-refractivity contribution in [3.8, 4) is 0 Å². The Morgan fingerprint density at radius 3 is 2.70 bits per heavy atom.